The Bertz CT molecular complexity index is 460. The van der Waals surface area contributed by atoms with Crippen molar-refractivity contribution in [3.05, 3.63) is 29.8 Å². The van der Waals surface area contributed by atoms with E-state index in [4.69, 9.17) is 4.74 Å². The standard InChI is InChI=1S/C16H24N2O2/c1-4-15-11-14(8-9-20-15)17-13-7-5-6-12(10-13)16(19)18(2)3/h5-7,10,14-15,17H,4,8-9,11H2,1-3H3. The molecule has 1 aromatic carbocycles. The van der Waals surface area contributed by atoms with Gasteiger partial charge in [0.05, 0.1) is 6.10 Å². The van der Waals surface area contributed by atoms with Crippen molar-refractivity contribution in [3.63, 3.8) is 0 Å². The third-order valence-corrected chi connectivity index (χ3v) is 3.71. The molecule has 2 atom stereocenters. The summed E-state index contributed by atoms with van der Waals surface area (Å²) in [7, 11) is 3.54. The second kappa shape index (κ2) is 6.75. The third kappa shape index (κ3) is 3.73. The van der Waals surface area contributed by atoms with Crippen molar-refractivity contribution < 1.29 is 9.53 Å². The van der Waals surface area contributed by atoms with Crippen molar-refractivity contribution in [2.75, 3.05) is 26.0 Å². The molecule has 1 aromatic rings. The number of ether oxygens (including phenoxy) is 1. The number of carbonyl (C=O) groups is 1. The number of hydrogen-bond donors (Lipinski definition) is 1. The van der Waals surface area contributed by atoms with Gasteiger partial charge in [-0.1, -0.05) is 13.0 Å². The summed E-state index contributed by atoms with van der Waals surface area (Å²) in [4.78, 5) is 13.6. The molecule has 4 nitrogen and oxygen atoms in total. The number of nitrogens with one attached hydrogen (secondary N) is 1. The van der Waals surface area contributed by atoms with E-state index in [2.05, 4.69) is 12.2 Å². The lowest BCUT2D eigenvalue weighted by atomic mass is 10.0. The van der Waals surface area contributed by atoms with Crippen LogP contribution in [0.2, 0.25) is 0 Å². The summed E-state index contributed by atoms with van der Waals surface area (Å²) in [5.41, 5.74) is 1.73. The summed E-state index contributed by atoms with van der Waals surface area (Å²) in [5, 5.41) is 3.53. The van der Waals surface area contributed by atoms with Gasteiger partial charge in [0, 0.05) is 38.0 Å². The van der Waals surface area contributed by atoms with Crippen LogP contribution in [-0.2, 0) is 4.74 Å². The Morgan fingerprint density at radius 3 is 2.95 bits per heavy atom. The molecule has 1 aliphatic heterocycles. The fourth-order valence-corrected chi connectivity index (χ4v) is 2.53. The van der Waals surface area contributed by atoms with Gasteiger partial charge >= 0.3 is 0 Å². The van der Waals surface area contributed by atoms with Gasteiger partial charge in [0.2, 0.25) is 0 Å². The van der Waals surface area contributed by atoms with Crippen molar-refractivity contribution >= 4 is 11.6 Å². The number of hydrogen-bond acceptors (Lipinski definition) is 3. The van der Waals surface area contributed by atoms with Crippen molar-refractivity contribution in [3.8, 4) is 0 Å². The van der Waals surface area contributed by atoms with Crippen LogP contribution in [0.15, 0.2) is 24.3 Å². The minimum absolute atomic E-state index is 0.0343. The zero-order chi connectivity index (χ0) is 14.5. The van der Waals surface area contributed by atoms with Crippen molar-refractivity contribution in [2.24, 2.45) is 0 Å². The molecule has 0 spiro atoms. The Hall–Kier alpha value is -1.55. The van der Waals surface area contributed by atoms with Gasteiger partial charge in [0.1, 0.15) is 0 Å². The van der Waals surface area contributed by atoms with Gasteiger partial charge < -0.3 is 15.0 Å². The van der Waals surface area contributed by atoms with E-state index in [0.717, 1.165) is 37.1 Å². The molecule has 0 aromatic heterocycles. The minimum atomic E-state index is 0.0343. The molecule has 1 saturated heterocycles. The predicted octanol–water partition coefficient (Wildman–Crippen LogP) is 2.76. The smallest absolute Gasteiger partial charge is 0.253 e. The van der Waals surface area contributed by atoms with Crippen LogP contribution in [0.1, 0.15) is 36.5 Å². The van der Waals surface area contributed by atoms with Gasteiger partial charge in [0.25, 0.3) is 5.91 Å². The highest BCUT2D eigenvalue weighted by atomic mass is 16.5. The number of nitrogens with zero attached hydrogens (tertiary/aromatic N) is 1. The zero-order valence-electron chi connectivity index (χ0n) is 12.6. The molecule has 20 heavy (non-hydrogen) atoms. The van der Waals surface area contributed by atoms with Gasteiger partial charge in [-0.2, -0.15) is 0 Å². The van der Waals surface area contributed by atoms with Crippen LogP contribution in [0.3, 0.4) is 0 Å². The Morgan fingerprint density at radius 2 is 2.25 bits per heavy atom. The molecule has 0 saturated carbocycles. The first-order valence-electron chi connectivity index (χ1n) is 7.30. The lowest BCUT2D eigenvalue weighted by molar-refractivity contribution is 0.00925. The van der Waals surface area contributed by atoms with Gasteiger partial charge in [0.15, 0.2) is 0 Å². The number of amides is 1. The SMILES string of the molecule is CCC1CC(Nc2cccc(C(=O)N(C)C)c2)CCO1. The molecule has 4 heteroatoms. The highest BCUT2D eigenvalue weighted by Gasteiger charge is 2.21. The van der Waals surface area contributed by atoms with E-state index in [-0.39, 0.29) is 5.91 Å². The van der Waals surface area contributed by atoms with Crippen LogP contribution < -0.4 is 5.32 Å². The average molecular weight is 276 g/mol. The van der Waals surface area contributed by atoms with Crippen molar-refractivity contribution in [1.82, 2.24) is 4.90 Å². The van der Waals surface area contributed by atoms with Crippen LogP contribution in [0.25, 0.3) is 0 Å². The predicted molar refractivity (Wildman–Crippen MR) is 81.1 cm³/mol. The zero-order valence-corrected chi connectivity index (χ0v) is 12.6. The van der Waals surface area contributed by atoms with Crippen molar-refractivity contribution in [2.45, 2.75) is 38.3 Å². The van der Waals surface area contributed by atoms with E-state index in [9.17, 15) is 4.79 Å². The van der Waals surface area contributed by atoms with E-state index in [1.54, 1.807) is 19.0 Å². The van der Waals surface area contributed by atoms with Crippen LogP contribution in [0.5, 0.6) is 0 Å². The van der Waals surface area contributed by atoms with Gasteiger partial charge in [-0.05, 0) is 37.5 Å². The highest BCUT2D eigenvalue weighted by Crippen LogP contribution is 2.21. The normalized spacial score (nSPS) is 22.4. The summed E-state index contributed by atoms with van der Waals surface area (Å²) in [5.74, 6) is 0.0343. The molecule has 0 aliphatic carbocycles. The number of benzene rings is 1. The van der Waals surface area contributed by atoms with E-state index >= 15 is 0 Å². The monoisotopic (exact) mass is 276 g/mol. The van der Waals surface area contributed by atoms with Crippen LogP contribution in [0.4, 0.5) is 5.69 Å². The maximum atomic E-state index is 12.0. The molecular formula is C16H24N2O2. The summed E-state index contributed by atoms with van der Waals surface area (Å²) in [6.45, 7) is 2.97. The summed E-state index contributed by atoms with van der Waals surface area (Å²) >= 11 is 0. The summed E-state index contributed by atoms with van der Waals surface area (Å²) in [6.07, 6.45) is 3.45. The molecular weight excluding hydrogens is 252 g/mol. The number of anilines is 1. The Labute approximate surface area is 121 Å². The molecule has 0 radical (unpaired) electrons. The van der Waals surface area contributed by atoms with Gasteiger partial charge in [-0.15, -0.1) is 0 Å². The van der Waals surface area contributed by atoms with E-state index in [1.807, 2.05) is 24.3 Å². The van der Waals surface area contributed by atoms with Crippen molar-refractivity contribution in [1.29, 1.82) is 0 Å². The second-order valence-corrected chi connectivity index (χ2v) is 5.55. The lowest BCUT2D eigenvalue weighted by Crippen LogP contribution is -2.33. The molecule has 1 aliphatic rings. The highest BCUT2D eigenvalue weighted by molar-refractivity contribution is 5.94. The number of rotatable bonds is 4. The lowest BCUT2D eigenvalue weighted by Gasteiger charge is -2.30. The molecule has 1 fully saturated rings. The first kappa shape index (κ1) is 14.9. The van der Waals surface area contributed by atoms with Crippen LogP contribution in [-0.4, -0.2) is 43.7 Å². The van der Waals surface area contributed by atoms with E-state index in [0.29, 0.717) is 12.1 Å². The van der Waals surface area contributed by atoms with E-state index < -0.39 is 0 Å². The topological polar surface area (TPSA) is 41.6 Å². The maximum absolute atomic E-state index is 12.0. The Kier molecular flexibility index (Phi) is 5.01. The molecule has 1 N–H and O–H groups in total. The third-order valence-electron chi connectivity index (χ3n) is 3.71. The largest absolute Gasteiger partial charge is 0.382 e. The van der Waals surface area contributed by atoms with Crippen LogP contribution in [0, 0.1) is 0 Å². The summed E-state index contributed by atoms with van der Waals surface area (Å²) < 4.78 is 5.69. The summed E-state index contributed by atoms with van der Waals surface area (Å²) in [6, 6.07) is 8.15. The van der Waals surface area contributed by atoms with Gasteiger partial charge in [-0.25, -0.2) is 0 Å². The quantitative estimate of drug-likeness (QED) is 0.919. The Morgan fingerprint density at radius 1 is 1.45 bits per heavy atom. The molecule has 1 amide bonds. The first-order valence-corrected chi connectivity index (χ1v) is 7.30. The molecule has 110 valence electrons. The molecule has 1 heterocycles. The van der Waals surface area contributed by atoms with Gasteiger partial charge in [-0.3, -0.25) is 4.79 Å². The first-order chi connectivity index (χ1) is 9.60. The molecule has 0 bridgehead atoms. The average Bonchev–Trinajstić information content (AvgIpc) is 2.47. The second-order valence-electron chi connectivity index (χ2n) is 5.55. The number of carbonyl (C=O) groups excluding carboxylic acids is 1. The maximum Gasteiger partial charge on any atom is 0.253 e. The fourth-order valence-electron chi connectivity index (χ4n) is 2.53. The van der Waals surface area contributed by atoms with Crippen LogP contribution >= 0.6 is 0 Å². The molecule has 2 rings (SSSR count). The molecule has 2 unspecified atom stereocenters. The Balaban J connectivity index is 2.02. The fraction of sp³-hybridized carbons (Fsp3) is 0.562. The minimum Gasteiger partial charge on any atom is -0.382 e. The van der Waals surface area contributed by atoms with E-state index in [1.165, 1.54) is 0 Å².